The van der Waals surface area contributed by atoms with Gasteiger partial charge in [0, 0.05) is 16.7 Å². The van der Waals surface area contributed by atoms with E-state index in [4.69, 9.17) is 0 Å². The number of carbonyl (C=O) groups is 2. The molecule has 132 valence electrons. The van der Waals surface area contributed by atoms with E-state index >= 15 is 0 Å². The quantitative estimate of drug-likeness (QED) is 0.781. The first kappa shape index (κ1) is 19.0. The van der Waals surface area contributed by atoms with Crippen LogP contribution >= 0.6 is 15.9 Å². The molecule has 0 saturated heterocycles. The summed E-state index contributed by atoms with van der Waals surface area (Å²) in [5.74, 6) is -2.26. The van der Waals surface area contributed by atoms with Crippen LogP contribution in [0, 0.1) is 0 Å². The number of nitrogens with one attached hydrogen (secondary N) is 2. The van der Waals surface area contributed by atoms with Crippen LogP contribution in [0.3, 0.4) is 0 Å². The van der Waals surface area contributed by atoms with E-state index < -0.39 is 12.1 Å². The second-order valence-electron chi connectivity index (χ2n) is 5.24. The van der Waals surface area contributed by atoms with E-state index in [1.165, 1.54) is 18.2 Å². The van der Waals surface area contributed by atoms with E-state index in [1.54, 1.807) is 11.4 Å². The predicted octanol–water partition coefficient (Wildman–Crippen LogP) is 3.81. The van der Waals surface area contributed by atoms with Crippen LogP contribution in [-0.2, 0) is 22.6 Å². The summed E-state index contributed by atoms with van der Waals surface area (Å²) in [5, 5.41) is 4.46. The third kappa shape index (κ3) is 6.22. The van der Waals surface area contributed by atoms with E-state index in [0.29, 0.717) is 5.56 Å². The third-order valence-electron chi connectivity index (χ3n) is 3.19. The Morgan fingerprint density at radius 1 is 1.00 bits per heavy atom. The average molecular weight is 415 g/mol. The zero-order valence-electron chi connectivity index (χ0n) is 12.9. The van der Waals surface area contributed by atoms with Crippen molar-refractivity contribution >= 4 is 33.4 Å². The monoisotopic (exact) mass is 414 g/mol. The fourth-order valence-corrected chi connectivity index (χ4v) is 2.50. The predicted molar refractivity (Wildman–Crippen MR) is 90.8 cm³/mol. The molecule has 2 aromatic carbocycles. The number of halogens is 4. The van der Waals surface area contributed by atoms with Gasteiger partial charge in [-0.2, -0.15) is 13.2 Å². The number of hydrogen-bond acceptors (Lipinski definition) is 2. The third-order valence-corrected chi connectivity index (χ3v) is 3.68. The van der Waals surface area contributed by atoms with E-state index in [-0.39, 0.29) is 24.6 Å². The Hall–Kier alpha value is -2.35. The van der Waals surface area contributed by atoms with Crippen LogP contribution in [0.1, 0.15) is 11.1 Å². The van der Waals surface area contributed by atoms with Crippen molar-refractivity contribution in [2.24, 2.45) is 0 Å². The minimum absolute atomic E-state index is 0.0149. The molecule has 2 N–H and O–H groups in total. The van der Waals surface area contributed by atoms with Gasteiger partial charge in [0.1, 0.15) is 0 Å². The first-order chi connectivity index (χ1) is 11.7. The maximum absolute atomic E-state index is 12.3. The summed E-state index contributed by atoms with van der Waals surface area (Å²) >= 11 is 3.32. The SMILES string of the molecule is O=C(Cc1cccc(Br)c1)NCc1cccc(NC(=O)C(F)(F)F)c1. The van der Waals surface area contributed by atoms with Crippen molar-refractivity contribution in [3.63, 3.8) is 0 Å². The van der Waals surface area contributed by atoms with Crippen molar-refractivity contribution in [2.75, 3.05) is 5.32 Å². The van der Waals surface area contributed by atoms with Gasteiger partial charge in [0.2, 0.25) is 5.91 Å². The van der Waals surface area contributed by atoms with Crippen molar-refractivity contribution in [2.45, 2.75) is 19.1 Å². The Bertz CT molecular complexity index is 778. The molecule has 0 spiro atoms. The fraction of sp³-hybridized carbons (Fsp3) is 0.176. The lowest BCUT2D eigenvalue weighted by molar-refractivity contribution is -0.167. The molecule has 0 aliphatic rings. The molecule has 0 aromatic heterocycles. The van der Waals surface area contributed by atoms with E-state index in [0.717, 1.165) is 10.0 Å². The van der Waals surface area contributed by atoms with Gasteiger partial charge in [-0.25, -0.2) is 0 Å². The van der Waals surface area contributed by atoms with Crippen molar-refractivity contribution in [1.82, 2.24) is 5.32 Å². The van der Waals surface area contributed by atoms with Gasteiger partial charge in [-0.1, -0.05) is 40.2 Å². The highest BCUT2D eigenvalue weighted by Crippen LogP contribution is 2.19. The van der Waals surface area contributed by atoms with Crippen LogP contribution in [-0.4, -0.2) is 18.0 Å². The molecule has 2 aromatic rings. The molecule has 0 unspecified atom stereocenters. The highest BCUT2D eigenvalue weighted by molar-refractivity contribution is 9.10. The molecule has 0 fully saturated rings. The number of rotatable bonds is 5. The molecule has 25 heavy (non-hydrogen) atoms. The molecule has 4 nitrogen and oxygen atoms in total. The lowest BCUT2D eigenvalue weighted by Crippen LogP contribution is -2.30. The molecule has 0 radical (unpaired) electrons. The summed E-state index contributed by atoms with van der Waals surface area (Å²) in [6.45, 7) is 0.141. The van der Waals surface area contributed by atoms with Gasteiger partial charge in [-0.05, 0) is 35.4 Å². The smallest absolute Gasteiger partial charge is 0.352 e. The van der Waals surface area contributed by atoms with Gasteiger partial charge in [0.25, 0.3) is 0 Å². The van der Waals surface area contributed by atoms with E-state index in [2.05, 4.69) is 21.2 Å². The zero-order chi connectivity index (χ0) is 18.4. The highest BCUT2D eigenvalue weighted by Gasteiger charge is 2.38. The second kappa shape index (κ2) is 8.15. The van der Waals surface area contributed by atoms with Crippen LogP contribution in [0.4, 0.5) is 18.9 Å². The molecular formula is C17H14BrF3N2O2. The molecule has 0 aliphatic carbocycles. The van der Waals surface area contributed by atoms with Gasteiger partial charge < -0.3 is 10.6 Å². The normalized spacial score (nSPS) is 11.0. The van der Waals surface area contributed by atoms with Crippen LogP contribution in [0.5, 0.6) is 0 Å². The number of carbonyl (C=O) groups excluding carboxylic acids is 2. The van der Waals surface area contributed by atoms with E-state index in [1.807, 2.05) is 24.3 Å². The van der Waals surface area contributed by atoms with Crippen LogP contribution in [0.2, 0.25) is 0 Å². The minimum atomic E-state index is -4.95. The first-order valence-electron chi connectivity index (χ1n) is 7.22. The zero-order valence-corrected chi connectivity index (χ0v) is 14.4. The number of alkyl halides is 3. The maximum Gasteiger partial charge on any atom is 0.471 e. The summed E-state index contributed by atoms with van der Waals surface area (Å²) in [5.41, 5.74) is 1.42. The van der Waals surface area contributed by atoms with Crippen LogP contribution in [0.25, 0.3) is 0 Å². The van der Waals surface area contributed by atoms with Gasteiger partial charge in [0.05, 0.1) is 6.42 Å². The Morgan fingerprint density at radius 2 is 1.68 bits per heavy atom. The fourth-order valence-electron chi connectivity index (χ4n) is 2.06. The van der Waals surface area contributed by atoms with Gasteiger partial charge in [-0.3, -0.25) is 9.59 Å². The molecule has 8 heteroatoms. The average Bonchev–Trinajstić information content (AvgIpc) is 2.52. The molecular weight excluding hydrogens is 401 g/mol. The Balaban J connectivity index is 1.91. The molecule has 0 saturated carbocycles. The van der Waals surface area contributed by atoms with Crippen molar-refractivity contribution < 1.29 is 22.8 Å². The van der Waals surface area contributed by atoms with Crippen LogP contribution in [0.15, 0.2) is 53.0 Å². The lowest BCUT2D eigenvalue weighted by atomic mass is 10.1. The van der Waals surface area contributed by atoms with Gasteiger partial charge in [0.15, 0.2) is 0 Å². The molecule has 0 atom stereocenters. The maximum atomic E-state index is 12.3. The molecule has 0 bridgehead atoms. The summed E-state index contributed by atoms with van der Waals surface area (Å²) in [6, 6.07) is 13.2. The Morgan fingerprint density at radius 3 is 2.36 bits per heavy atom. The van der Waals surface area contributed by atoms with Crippen molar-refractivity contribution in [1.29, 1.82) is 0 Å². The number of hydrogen-bond donors (Lipinski definition) is 2. The van der Waals surface area contributed by atoms with Crippen molar-refractivity contribution in [3.8, 4) is 0 Å². The summed E-state index contributed by atoms with van der Waals surface area (Å²) in [6.07, 6.45) is -4.77. The summed E-state index contributed by atoms with van der Waals surface area (Å²) in [7, 11) is 0. The molecule has 0 heterocycles. The second-order valence-corrected chi connectivity index (χ2v) is 6.15. The molecule has 0 aliphatic heterocycles. The lowest BCUT2D eigenvalue weighted by Gasteiger charge is -2.10. The Kier molecular flexibility index (Phi) is 6.19. The van der Waals surface area contributed by atoms with E-state index in [9.17, 15) is 22.8 Å². The van der Waals surface area contributed by atoms with Crippen molar-refractivity contribution in [3.05, 3.63) is 64.1 Å². The summed E-state index contributed by atoms with van der Waals surface area (Å²) in [4.78, 5) is 22.9. The highest BCUT2D eigenvalue weighted by atomic mass is 79.9. The Labute approximate surface area is 150 Å². The molecule has 2 rings (SSSR count). The van der Waals surface area contributed by atoms with Gasteiger partial charge in [-0.15, -0.1) is 0 Å². The number of anilines is 1. The topological polar surface area (TPSA) is 58.2 Å². The summed E-state index contributed by atoms with van der Waals surface area (Å²) < 4.78 is 37.6. The minimum Gasteiger partial charge on any atom is -0.352 e. The standard InChI is InChI=1S/C17H14BrF3N2O2/c18-13-5-1-3-11(7-13)9-15(24)22-10-12-4-2-6-14(8-12)23-16(25)17(19,20)21/h1-8H,9-10H2,(H,22,24)(H,23,25). The number of amides is 2. The largest absolute Gasteiger partial charge is 0.471 e. The first-order valence-corrected chi connectivity index (χ1v) is 8.01. The molecule has 2 amide bonds. The van der Waals surface area contributed by atoms with Crippen LogP contribution < -0.4 is 10.6 Å². The van der Waals surface area contributed by atoms with Gasteiger partial charge >= 0.3 is 12.1 Å². The number of benzene rings is 2.